The van der Waals surface area contributed by atoms with E-state index in [2.05, 4.69) is 6.92 Å². The molecule has 0 spiro atoms. The summed E-state index contributed by atoms with van der Waals surface area (Å²) in [6.45, 7) is 2.30. The second-order valence-electron chi connectivity index (χ2n) is 5.71. The van der Waals surface area contributed by atoms with Crippen LogP contribution in [-0.2, 0) is 0 Å². The van der Waals surface area contributed by atoms with E-state index in [0.29, 0.717) is 16.9 Å². The first kappa shape index (κ1) is 12.3. The fraction of sp³-hybridized carbons (Fsp3) is 0.438. The van der Waals surface area contributed by atoms with E-state index in [4.69, 9.17) is 9.83 Å². The molecule has 0 amide bonds. The van der Waals surface area contributed by atoms with E-state index >= 15 is 0 Å². The van der Waals surface area contributed by atoms with E-state index in [1.165, 1.54) is 25.7 Å². The molecule has 3 nitrogen and oxygen atoms in total. The molecule has 0 radical (unpaired) electrons. The van der Waals surface area contributed by atoms with Gasteiger partial charge in [-0.25, -0.2) is 0 Å². The fourth-order valence-corrected chi connectivity index (χ4v) is 3.03. The summed E-state index contributed by atoms with van der Waals surface area (Å²) in [5.74, 6) is 1.58. The van der Waals surface area contributed by atoms with Crippen LogP contribution in [0.1, 0.15) is 44.1 Å². The smallest absolute Gasteiger partial charge is 0.211 e. The predicted molar refractivity (Wildman–Crippen MR) is 74.1 cm³/mol. The van der Waals surface area contributed by atoms with Gasteiger partial charge in [-0.05, 0) is 48.4 Å². The summed E-state index contributed by atoms with van der Waals surface area (Å²) >= 11 is 0. The van der Waals surface area contributed by atoms with Crippen LogP contribution in [0.2, 0.25) is 0 Å². The summed E-state index contributed by atoms with van der Waals surface area (Å²) in [7, 11) is 0. The molecule has 0 saturated heterocycles. The molecule has 0 aliphatic heterocycles. The lowest BCUT2D eigenvalue weighted by molar-refractivity contribution is 0.347. The Morgan fingerprint density at radius 2 is 1.89 bits per heavy atom. The van der Waals surface area contributed by atoms with Crippen molar-refractivity contribution >= 4 is 11.0 Å². The molecule has 1 heterocycles. The Morgan fingerprint density at radius 3 is 2.63 bits per heavy atom. The molecule has 0 atom stereocenters. The maximum atomic E-state index is 10.1. The lowest BCUT2D eigenvalue weighted by Crippen LogP contribution is -2.10. The third-order valence-corrected chi connectivity index (χ3v) is 4.25. The van der Waals surface area contributed by atoms with Crippen molar-refractivity contribution in [2.75, 3.05) is 0 Å². The molecule has 3 heteroatoms. The maximum absolute atomic E-state index is 10.1. The van der Waals surface area contributed by atoms with Crippen LogP contribution >= 0.6 is 0 Å². The molecule has 1 fully saturated rings. The van der Waals surface area contributed by atoms with Crippen molar-refractivity contribution in [3.8, 4) is 5.75 Å². The van der Waals surface area contributed by atoms with Gasteiger partial charge in [0.1, 0.15) is 11.3 Å². The van der Waals surface area contributed by atoms with Crippen molar-refractivity contribution in [3.05, 3.63) is 35.4 Å². The van der Waals surface area contributed by atoms with Crippen LogP contribution < -0.4 is 5.55 Å². The predicted octanol–water partition coefficient (Wildman–Crippen LogP) is 3.91. The van der Waals surface area contributed by atoms with Gasteiger partial charge in [0.05, 0.1) is 5.39 Å². The number of nitrogens with one attached hydrogen (secondary N) is 1. The van der Waals surface area contributed by atoms with Crippen molar-refractivity contribution in [3.63, 3.8) is 0 Å². The maximum Gasteiger partial charge on any atom is 0.211 e. The molecule has 1 aromatic carbocycles. The molecule has 0 unspecified atom stereocenters. The van der Waals surface area contributed by atoms with Crippen LogP contribution in [0.15, 0.2) is 28.7 Å². The van der Waals surface area contributed by atoms with Crippen molar-refractivity contribution in [2.24, 2.45) is 5.92 Å². The average molecular weight is 257 g/mol. The van der Waals surface area contributed by atoms with Crippen LogP contribution in [0.3, 0.4) is 0 Å². The van der Waals surface area contributed by atoms with Gasteiger partial charge in [0.2, 0.25) is 5.55 Å². The monoisotopic (exact) mass is 257 g/mol. The zero-order valence-corrected chi connectivity index (χ0v) is 11.1. The second kappa shape index (κ2) is 4.72. The van der Waals surface area contributed by atoms with Gasteiger partial charge < -0.3 is 9.52 Å². The minimum Gasteiger partial charge on any atom is -0.507 e. The Morgan fingerprint density at radius 1 is 1.16 bits per heavy atom. The van der Waals surface area contributed by atoms with Gasteiger partial charge in [-0.1, -0.05) is 19.8 Å². The third-order valence-electron chi connectivity index (χ3n) is 4.25. The molecule has 2 aromatic rings. The molecule has 1 aromatic heterocycles. The first-order chi connectivity index (χ1) is 9.13. The molecule has 1 aliphatic carbocycles. The quantitative estimate of drug-likeness (QED) is 0.813. The van der Waals surface area contributed by atoms with Crippen molar-refractivity contribution in [1.82, 2.24) is 0 Å². The van der Waals surface area contributed by atoms with E-state index in [1.807, 2.05) is 12.1 Å². The first-order valence-electron chi connectivity index (χ1n) is 6.95. The largest absolute Gasteiger partial charge is 0.507 e. The van der Waals surface area contributed by atoms with E-state index in [9.17, 15) is 5.11 Å². The molecule has 100 valence electrons. The summed E-state index contributed by atoms with van der Waals surface area (Å²) in [5, 5.41) is 18.3. The average Bonchev–Trinajstić information content (AvgIpc) is 2.38. The van der Waals surface area contributed by atoms with Crippen LogP contribution in [0.4, 0.5) is 0 Å². The fourth-order valence-electron chi connectivity index (χ4n) is 3.03. The van der Waals surface area contributed by atoms with Crippen molar-refractivity contribution in [2.45, 2.75) is 38.5 Å². The van der Waals surface area contributed by atoms with E-state index in [1.54, 1.807) is 12.1 Å². The van der Waals surface area contributed by atoms with Gasteiger partial charge in [0.25, 0.3) is 0 Å². The van der Waals surface area contributed by atoms with Crippen molar-refractivity contribution in [1.29, 1.82) is 5.41 Å². The number of hydrogen-bond acceptors (Lipinski definition) is 3. The summed E-state index contributed by atoms with van der Waals surface area (Å²) in [4.78, 5) is 0. The minimum absolute atomic E-state index is 0.126. The molecule has 3 rings (SSSR count). The van der Waals surface area contributed by atoms with Gasteiger partial charge in [-0.2, -0.15) is 0 Å². The zero-order valence-electron chi connectivity index (χ0n) is 11.1. The molecule has 0 bridgehead atoms. The van der Waals surface area contributed by atoms with E-state index < -0.39 is 0 Å². The Labute approximate surface area is 112 Å². The van der Waals surface area contributed by atoms with Gasteiger partial charge in [-0.15, -0.1) is 0 Å². The van der Waals surface area contributed by atoms with E-state index in [0.717, 1.165) is 11.5 Å². The van der Waals surface area contributed by atoms with Gasteiger partial charge in [0, 0.05) is 6.07 Å². The summed E-state index contributed by atoms with van der Waals surface area (Å²) in [6.07, 6.45) is 4.84. The lowest BCUT2D eigenvalue weighted by atomic mass is 9.79. The number of phenolic OH excluding ortho intramolecular Hbond substituents is 1. The summed E-state index contributed by atoms with van der Waals surface area (Å²) in [6, 6.07) is 7.16. The highest BCUT2D eigenvalue weighted by Crippen LogP contribution is 2.38. The van der Waals surface area contributed by atoms with Gasteiger partial charge in [-0.3, -0.25) is 5.41 Å². The Balaban J connectivity index is 2.02. The second-order valence-corrected chi connectivity index (χ2v) is 5.71. The zero-order chi connectivity index (χ0) is 13.4. The Bertz CT molecular complexity index is 651. The topological polar surface area (TPSA) is 57.2 Å². The number of aromatic hydroxyl groups is 1. The normalized spacial score (nSPS) is 23.6. The molecule has 1 aliphatic rings. The third kappa shape index (κ3) is 2.37. The highest BCUT2D eigenvalue weighted by molar-refractivity contribution is 5.83. The molecular formula is C16H19NO2. The number of benzene rings is 1. The lowest BCUT2D eigenvalue weighted by Gasteiger charge is -2.26. The first-order valence-corrected chi connectivity index (χ1v) is 6.95. The number of hydrogen-bond donors (Lipinski definition) is 2. The van der Waals surface area contributed by atoms with Crippen LogP contribution in [0, 0.1) is 11.3 Å². The van der Waals surface area contributed by atoms with E-state index in [-0.39, 0.29) is 11.3 Å². The molecule has 19 heavy (non-hydrogen) atoms. The summed E-state index contributed by atoms with van der Waals surface area (Å²) in [5.41, 5.74) is 1.88. The highest BCUT2D eigenvalue weighted by Gasteiger charge is 2.21. The van der Waals surface area contributed by atoms with Crippen LogP contribution in [0.25, 0.3) is 11.0 Å². The van der Waals surface area contributed by atoms with Gasteiger partial charge >= 0.3 is 0 Å². The van der Waals surface area contributed by atoms with Gasteiger partial charge in [0.15, 0.2) is 0 Å². The molecular weight excluding hydrogens is 238 g/mol. The Hall–Kier alpha value is -1.77. The minimum atomic E-state index is 0.126. The van der Waals surface area contributed by atoms with Crippen LogP contribution in [-0.4, -0.2) is 5.11 Å². The van der Waals surface area contributed by atoms with Crippen LogP contribution in [0.5, 0.6) is 5.75 Å². The Kier molecular flexibility index (Phi) is 3.05. The SMILES string of the molecule is CC1CCC(c2cc(O)c3ccc(=N)oc3c2)CC1. The summed E-state index contributed by atoms with van der Waals surface area (Å²) < 4.78 is 5.40. The molecule has 1 saturated carbocycles. The number of phenols is 1. The van der Waals surface area contributed by atoms with Crippen molar-refractivity contribution < 1.29 is 9.52 Å². The number of fused-ring (bicyclic) bond motifs is 1. The standard InChI is InChI=1S/C16H19NO2/c1-10-2-4-11(5-3-10)12-8-14(18)13-6-7-16(17)19-15(13)9-12/h6-11,17-18H,2-5H2,1H3. The molecule has 2 N–H and O–H groups in total. The highest BCUT2D eigenvalue weighted by atomic mass is 16.3. The number of rotatable bonds is 1.